The van der Waals surface area contributed by atoms with Crippen molar-refractivity contribution in [2.75, 3.05) is 5.32 Å². The van der Waals surface area contributed by atoms with Crippen LogP contribution in [0.5, 0.6) is 0 Å². The first kappa shape index (κ1) is 13.3. The van der Waals surface area contributed by atoms with Gasteiger partial charge in [-0.15, -0.1) is 11.3 Å². The Hall–Kier alpha value is -1.65. The summed E-state index contributed by atoms with van der Waals surface area (Å²) in [5.74, 6) is 0.0679. The summed E-state index contributed by atoms with van der Waals surface area (Å²) in [6.07, 6.45) is 1.75. The SMILES string of the molecule is C[C@H](NC1CCc2ccccc2NC1=O)c1cccs1. The molecule has 0 saturated heterocycles. The van der Waals surface area contributed by atoms with Crippen LogP contribution in [0.2, 0.25) is 0 Å². The van der Waals surface area contributed by atoms with Gasteiger partial charge in [-0.3, -0.25) is 10.1 Å². The third-order valence-electron chi connectivity index (χ3n) is 3.72. The third kappa shape index (κ3) is 2.76. The van der Waals surface area contributed by atoms with E-state index in [1.54, 1.807) is 11.3 Å². The molecule has 1 unspecified atom stereocenters. The lowest BCUT2D eigenvalue weighted by atomic mass is 10.1. The second-order valence-electron chi connectivity index (χ2n) is 5.14. The van der Waals surface area contributed by atoms with Gasteiger partial charge in [0.15, 0.2) is 0 Å². The summed E-state index contributed by atoms with van der Waals surface area (Å²) in [5.41, 5.74) is 2.17. The quantitative estimate of drug-likeness (QED) is 0.908. The maximum absolute atomic E-state index is 12.3. The van der Waals surface area contributed by atoms with Crippen molar-refractivity contribution >= 4 is 22.9 Å². The average molecular weight is 286 g/mol. The Morgan fingerprint density at radius 2 is 2.15 bits per heavy atom. The fraction of sp³-hybridized carbons (Fsp3) is 0.312. The molecule has 1 aliphatic rings. The number of anilines is 1. The molecule has 104 valence electrons. The lowest BCUT2D eigenvalue weighted by Gasteiger charge is -2.20. The van der Waals surface area contributed by atoms with E-state index in [0.717, 1.165) is 18.5 Å². The number of benzene rings is 1. The largest absolute Gasteiger partial charge is 0.324 e. The van der Waals surface area contributed by atoms with Crippen molar-refractivity contribution in [2.45, 2.75) is 31.8 Å². The zero-order chi connectivity index (χ0) is 13.9. The fourth-order valence-electron chi connectivity index (χ4n) is 2.59. The van der Waals surface area contributed by atoms with Crippen LogP contribution in [0.3, 0.4) is 0 Å². The average Bonchev–Trinajstić information content (AvgIpc) is 2.93. The van der Waals surface area contributed by atoms with Crippen molar-refractivity contribution in [1.29, 1.82) is 0 Å². The number of hydrogen-bond acceptors (Lipinski definition) is 3. The highest BCUT2D eigenvalue weighted by molar-refractivity contribution is 7.10. The number of carbonyl (C=O) groups is 1. The third-order valence-corrected chi connectivity index (χ3v) is 4.77. The van der Waals surface area contributed by atoms with E-state index in [-0.39, 0.29) is 18.0 Å². The molecular weight excluding hydrogens is 268 g/mol. The molecule has 1 amide bonds. The number of para-hydroxylation sites is 1. The number of aryl methyl sites for hydroxylation is 1. The maximum Gasteiger partial charge on any atom is 0.241 e. The monoisotopic (exact) mass is 286 g/mol. The molecule has 20 heavy (non-hydrogen) atoms. The molecule has 1 aromatic heterocycles. The molecule has 2 N–H and O–H groups in total. The molecule has 0 aliphatic carbocycles. The number of hydrogen-bond donors (Lipinski definition) is 2. The molecule has 0 radical (unpaired) electrons. The number of amides is 1. The number of nitrogens with one attached hydrogen (secondary N) is 2. The van der Waals surface area contributed by atoms with Gasteiger partial charge in [0.25, 0.3) is 0 Å². The Morgan fingerprint density at radius 1 is 1.30 bits per heavy atom. The molecule has 2 atom stereocenters. The van der Waals surface area contributed by atoms with E-state index in [1.165, 1.54) is 10.4 Å². The minimum absolute atomic E-state index is 0.0679. The fourth-order valence-corrected chi connectivity index (χ4v) is 3.34. The summed E-state index contributed by atoms with van der Waals surface area (Å²) in [4.78, 5) is 13.6. The molecule has 1 aromatic carbocycles. The van der Waals surface area contributed by atoms with Crippen LogP contribution < -0.4 is 10.6 Å². The number of thiophene rings is 1. The highest BCUT2D eigenvalue weighted by atomic mass is 32.1. The number of fused-ring (bicyclic) bond motifs is 1. The Morgan fingerprint density at radius 3 is 2.95 bits per heavy atom. The second-order valence-corrected chi connectivity index (χ2v) is 6.12. The standard InChI is InChI=1S/C16H18N2OS/c1-11(15-7-4-10-20-15)17-14-9-8-12-5-2-3-6-13(12)18-16(14)19/h2-7,10-11,14,17H,8-9H2,1H3,(H,18,19)/t11-,14?/m0/s1. The van der Waals surface area contributed by atoms with Crippen LogP contribution in [0.1, 0.15) is 29.8 Å². The molecule has 0 bridgehead atoms. The van der Waals surface area contributed by atoms with Crippen molar-refractivity contribution in [2.24, 2.45) is 0 Å². The van der Waals surface area contributed by atoms with Gasteiger partial charge in [0, 0.05) is 16.6 Å². The van der Waals surface area contributed by atoms with Crippen LogP contribution in [0.15, 0.2) is 41.8 Å². The normalized spacial score (nSPS) is 19.9. The summed E-state index contributed by atoms with van der Waals surface area (Å²) in [6.45, 7) is 2.11. The van der Waals surface area contributed by atoms with Crippen LogP contribution in [0, 0.1) is 0 Å². The van der Waals surface area contributed by atoms with Crippen LogP contribution in [-0.2, 0) is 11.2 Å². The van der Waals surface area contributed by atoms with E-state index in [1.807, 2.05) is 24.3 Å². The van der Waals surface area contributed by atoms with Gasteiger partial charge >= 0.3 is 0 Å². The minimum Gasteiger partial charge on any atom is -0.324 e. The van der Waals surface area contributed by atoms with Gasteiger partial charge < -0.3 is 5.32 Å². The Labute approximate surface area is 123 Å². The summed E-state index contributed by atoms with van der Waals surface area (Å²) in [6, 6.07) is 12.2. The Balaban J connectivity index is 1.72. The Kier molecular flexibility index (Phi) is 3.85. The second kappa shape index (κ2) is 5.77. The lowest BCUT2D eigenvalue weighted by Crippen LogP contribution is -2.40. The molecular formula is C16H18N2OS. The first-order valence-corrected chi connectivity index (χ1v) is 7.80. The van der Waals surface area contributed by atoms with Gasteiger partial charge in [0.1, 0.15) is 0 Å². The molecule has 3 rings (SSSR count). The van der Waals surface area contributed by atoms with Gasteiger partial charge in [-0.1, -0.05) is 24.3 Å². The number of rotatable bonds is 3. The van der Waals surface area contributed by atoms with Crippen molar-refractivity contribution in [3.63, 3.8) is 0 Å². The predicted octanol–water partition coefficient (Wildman–Crippen LogP) is 3.35. The van der Waals surface area contributed by atoms with Crippen molar-refractivity contribution in [3.8, 4) is 0 Å². The molecule has 1 aliphatic heterocycles. The summed E-state index contributed by atoms with van der Waals surface area (Å²) in [7, 11) is 0. The summed E-state index contributed by atoms with van der Waals surface area (Å²) >= 11 is 1.72. The van der Waals surface area contributed by atoms with Gasteiger partial charge in [-0.2, -0.15) is 0 Å². The first-order valence-electron chi connectivity index (χ1n) is 6.92. The van der Waals surface area contributed by atoms with E-state index in [0.29, 0.717) is 0 Å². The molecule has 2 aromatic rings. The molecule has 3 nitrogen and oxygen atoms in total. The Bertz CT molecular complexity index is 594. The molecule has 0 saturated carbocycles. The summed E-state index contributed by atoms with van der Waals surface area (Å²) in [5, 5.41) is 8.54. The molecule has 4 heteroatoms. The molecule has 0 spiro atoms. The van der Waals surface area contributed by atoms with Gasteiger partial charge in [-0.05, 0) is 42.8 Å². The van der Waals surface area contributed by atoms with E-state index < -0.39 is 0 Å². The van der Waals surface area contributed by atoms with E-state index >= 15 is 0 Å². The highest BCUT2D eigenvalue weighted by Gasteiger charge is 2.25. The minimum atomic E-state index is -0.139. The van der Waals surface area contributed by atoms with Crippen molar-refractivity contribution < 1.29 is 4.79 Å². The van der Waals surface area contributed by atoms with E-state index in [4.69, 9.17) is 0 Å². The molecule has 0 fully saturated rings. The first-order chi connectivity index (χ1) is 9.74. The number of carbonyl (C=O) groups excluding carboxylic acids is 1. The zero-order valence-corrected chi connectivity index (χ0v) is 12.2. The van der Waals surface area contributed by atoms with Gasteiger partial charge in [-0.25, -0.2) is 0 Å². The van der Waals surface area contributed by atoms with E-state index in [9.17, 15) is 4.79 Å². The maximum atomic E-state index is 12.3. The lowest BCUT2D eigenvalue weighted by molar-refractivity contribution is -0.118. The van der Waals surface area contributed by atoms with E-state index in [2.05, 4.69) is 35.1 Å². The van der Waals surface area contributed by atoms with Gasteiger partial charge in [0.2, 0.25) is 5.91 Å². The van der Waals surface area contributed by atoms with Crippen LogP contribution in [-0.4, -0.2) is 11.9 Å². The smallest absolute Gasteiger partial charge is 0.241 e. The highest BCUT2D eigenvalue weighted by Crippen LogP contribution is 2.24. The van der Waals surface area contributed by atoms with Crippen LogP contribution in [0.4, 0.5) is 5.69 Å². The topological polar surface area (TPSA) is 41.1 Å². The predicted molar refractivity (Wildman–Crippen MR) is 83.1 cm³/mol. The molecule has 2 heterocycles. The van der Waals surface area contributed by atoms with Gasteiger partial charge in [0.05, 0.1) is 6.04 Å². The van der Waals surface area contributed by atoms with Crippen molar-refractivity contribution in [3.05, 3.63) is 52.2 Å². The van der Waals surface area contributed by atoms with Crippen molar-refractivity contribution in [1.82, 2.24) is 5.32 Å². The zero-order valence-electron chi connectivity index (χ0n) is 11.4. The summed E-state index contributed by atoms with van der Waals surface area (Å²) < 4.78 is 0. The van der Waals surface area contributed by atoms with Crippen LogP contribution >= 0.6 is 11.3 Å². The van der Waals surface area contributed by atoms with Crippen LogP contribution in [0.25, 0.3) is 0 Å².